The maximum atomic E-state index is 13.0. The number of H-pyrrole nitrogens is 1. The number of aromatic amines is 1. The highest BCUT2D eigenvalue weighted by atomic mass is 35.5. The molecule has 0 radical (unpaired) electrons. The van der Waals surface area contributed by atoms with Gasteiger partial charge in [0.2, 0.25) is 0 Å². The predicted molar refractivity (Wildman–Crippen MR) is 90.1 cm³/mol. The number of para-hydroxylation sites is 1. The predicted octanol–water partition coefficient (Wildman–Crippen LogP) is 3.37. The number of esters is 1. The van der Waals surface area contributed by atoms with Gasteiger partial charge in [0.15, 0.2) is 12.3 Å². The number of anilines is 1. The lowest BCUT2D eigenvalue weighted by Gasteiger charge is -2.21. The van der Waals surface area contributed by atoms with Gasteiger partial charge in [-0.1, -0.05) is 23.7 Å². The number of alkyl halides is 3. The van der Waals surface area contributed by atoms with Crippen LogP contribution in [0.15, 0.2) is 24.3 Å². The van der Waals surface area contributed by atoms with Crippen LogP contribution >= 0.6 is 11.6 Å². The van der Waals surface area contributed by atoms with Crippen LogP contribution in [-0.4, -0.2) is 28.7 Å². The van der Waals surface area contributed by atoms with Crippen molar-refractivity contribution < 1.29 is 27.5 Å². The number of halogens is 4. The van der Waals surface area contributed by atoms with Gasteiger partial charge in [-0.2, -0.15) is 18.3 Å². The number of nitrogens with zero attached hydrogens (tertiary/aromatic N) is 1. The van der Waals surface area contributed by atoms with Gasteiger partial charge < -0.3 is 10.1 Å². The Morgan fingerprint density at radius 2 is 2.07 bits per heavy atom. The Balaban J connectivity index is 1.57. The van der Waals surface area contributed by atoms with Gasteiger partial charge in [-0.15, -0.1) is 0 Å². The van der Waals surface area contributed by atoms with Crippen LogP contribution in [0, 0.1) is 5.92 Å². The quantitative estimate of drug-likeness (QED) is 0.769. The molecule has 1 unspecified atom stereocenters. The van der Waals surface area contributed by atoms with Crippen LogP contribution in [0.5, 0.6) is 0 Å². The summed E-state index contributed by atoms with van der Waals surface area (Å²) in [5, 5.41) is 8.52. The number of fused-ring (bicyclic) bond motifs is 1. The largest absolute Gasteiger partial charge is 0.455 e. The van der Waals surface area contributed by atoms with E-state index in [2.05, 4.69) is 15.5 Å². The van der Waals surface area contributed by atoms with Crippen LogP contribution in [-0.2, 0) is 33.3 Å². The average Bonchev–Trinajstić information content (AvgIpc) is 3.05. The molecule has 0 saturated heterocycles. The average molecular weight is 402 g/mol. The molecule has 27 heavy (non-hydrogen) atoms. The first-order valence-electron chi connectivity index (χ1n) is 8.10. The van der Waals surface area contributed by atoms with Gasteiger partial charge in [0.25, 0.3) is 5.91 Å². The third-order valence-corrected chi connectivity index (χ3v) is 4.57. The molecule has 1 aromatic carbocycles. The van der Waals surface area contributed by atoms with E-state index >= 15 is 0 Å². The first-order valence-corrected chi connectivity index (χ1v) is 8.48. The van der Waals surface area contributed by atoms with Gasteiger partial charge in [-0.05, 0) is 31.4 Å². The van der Waals surface area contributed by atoms with Crippen LogP contribution in [0.25, 0.3) is 0 Å². The van der Waals surface area contributed by atoms with Gasteiger partial charge in [0.1, 0.15) is 0 Å². The molecule has 3 rings (SSSR count). The van der Waals surface area contributed by atoms with Crippen molar-refractivity contribution in [2.45, 2.75) is 25.4 Å². The summed E-state index contributed by atoms with van der Waals surface area (Å²) in [7, 11) is 0. The number of carbonyl (C=O) groups is 2. The summed E-state index contributed by atoms with van der Waals surface area (Å²) in [4.78, 5) is 24.1. The zero-order chi connectivity index (χ0) is 19.6. The standard InChI is InChI=1S/C17H15ClF3N3O3/c18-11-3-1-2-4-13(11)22-14(25)8-27-16(26)9-5-6-12-10(7-9)15(24-23-12)17(19,20)21/h1-4,9H,5-8H2,(H,22,25)(H,23,24). The monoisotopic (exact) mass is 401 g/mol. The molecule has 2 N–H and O–H groups in total. The Morgan fingerprint density at radius 1 is 1.33 bits per heavy atom. The molecule has 2 aromatic rings. The summed E-state index contributed by atoms with van der Waals surface area (Å²) >= 11 is 5.92. The van der Waals surface area contributed by atoms with E-state index in [1.54, 1.807) is 24.3 Å². The van der Waals surface area contributed by atoms with Crippen molar-refractivity contribution in [2.75, 3.05) is 11.9 Å². The number of rotatable bonds is 4. The van der Waals surface area contributed by atoms with E-state index in [-0.39, 0.29) is 18.4 Å². The number of hydrogen-bond acceptors (Lipinski definition) is 4. The molecule has 10 heteroatoms. The van der Waals surface area contributed by atoms with Crippen LogP contribution in [0.3, 0.4) is 0 Å². The van der Waals surface area contributed by atoms with Crippen LogP contribution in [0.4, 0.5) is 18.9 Å². The lowest BCUT2D eigenvalue weighted by Crippen LogP contribution is -2.29. The number of aryl methyl sites for hydroxylation is 1. The van der Waals surface area contributed by atoms with E-state index < -0.39 is 36.3 Å². The Labute approximate surface area is 157 Å². The summed E-state index contributed by atoms with van der Waals surface area (Å²) in [6, 6.07) is 6.55. The maximum Gasteiger partial charge on any atom is 0.435 e. The van der Waals surface area contributed by atoms with Crippen LogP contribution in [0.1, 0.15) is 23.4 Å². The minimum absolute atomic E-state index is 0.0174. The second-order valence-corrected chi connectivity index (χ2v) is 6.51. The SMILES string of the molecule is O=C(COC(=O)C1CCc2[nH]nc(C(F)(F)F)c2C1)Nc1ccccc1Cl. The number of hydrogen-bond donors (Lipinski definition) is 2. The van der Waals surface area contributed by atoms with Gasteiger partial charge in [0.05, 0.1) is 16.6 Å². The highest BCUT2D eigenvalue weighted by Crippen LogP contribution is 2.36. The summed E-state index contributed by atoms with van der Waals surface area (Å²) in [5.41, 5.74) is -0.277. The van der Waals surface area contributed by atoms with Crippen LogP contribution < -0.4 is 5.32 Å². The summed E-state index contributed by atoms with van der Waals surface area (Å²) in [6.07, 6.45) is -4.15. The number of carbonyl (C=O) groups excluding carboxylic acids is 2. The van der Waals surface area contributed by atoms with Crippen molar-refractivity contribution in [3.8, 4) is 0 Å². The fraction of sp³-hybridized carbons (Fsp3) is 0.353. The topological polar surface area (TPSA) is 84.1 Å². The van der Waals surface area contributed by atoms with Crippen molar-refractivity contribution in [3.05, 3.63) is 46.2 Å². The second-order valence-electron chi connectivity index (χ2n) is 6.10. The fourth-order valence-corrected chi connectivity index (χ4v) is 3.12. The molecule has 1 amide bonds. The third kappa shape index (κ3) is 4.41. The van der Waals surface area contributed by atoms with Crippen molar-refractivity contribution in [2.24, 2.45) is 5.92 Å². The van der Waals surface area contributed by atoms with Crippen molar-refractivity contribution in [3.63, 3.8) is 0 Å². The van der Waals surface area contributed by atoms with E-state index in [0.717, 1.165) is 0 Å². The Morgan fingerprint density at radius 3 is 2.78 bits per heavy atom. The summed E-state index contributed by atoms with van der Waals surface area (Å²) < 4.78 is 43.9. The van der Waals surface area contributed by atoms with Gasteiger partial charge in [0, 0.05) is 11.3 Å². The molecule has 144 valence electrons. The second kappa shape index (κ2) is 7.59. The molecule has 0 fully saturated rings. The molecule has 0 bridgehead atoms. The molecular weight excluding hydrogens is 387 g/mol. The molecule has 0 aliphatic heterocycles. The molecular formula is C17H15ClF3N3O3. The smallest absolute Gasteiger partial charge is 0.435 e. The van der Waals surface area contributed by atoms with E-state index in [1.165, 1.54) is 0 Å². The first-order chi connectivity index (χ1) is 12.8. The molecule has 0 saturated carbocycles. The lowest BCUT2D eigenvalue weighted by molar-refractivity contribution is -0.152. The molecule has 1 aliphatic rings. The van der Waals surface area contributed by atoms with Crippen molar-refractivity contribution in [1.29, 1.82) is 0 Å². The molecule has 1 heterocycles. The number of amides is 1. The van der Waals surface area contributed by atoms with E-state index in [1.807, 2.05) is 0 Å². The third-order valence-electron chi connectivity index (χ3n) is 4.24. The Bertz CT molecular complexity index is 867. The number of ether oxygens (including phenoxy) is 1. The van der Waals surface area contributed by atoms with Gasteiger partial charge in [-0.3, -0.25) is 14.7 Å². The normalized spacial score (nSPS) is 16.5. The van der Waals surface area contributed by atoms with Gasteiger partial charge >= 0.3 is 12.1 Å². The molecule has 1 atom stereocenters. The molecule has 6 nitrogen and oxygen atoms in total. The highest BCUT2D eigenvalue weighted by Gasteiger charge is 2.40. The zero-order valence-electron chi connectivity index (χ0n) is 13.9. The van der Waals surface area contributed by atoms with Crippen molar-refractivity contribution in [1.82, 2.24) is 10.2 Å². The summed E-state index contributed by atoms with van der Waals surface area (Å²) in [5.74, 6) is -2.07. The van der Waals surface area contributed by atoms with Gasteiger partial charge in [-0.25, -0.2) is 0 Å². The number of aromatic nitrogens is 2. The number of benzene rings is 1. The molecule has 0 spiro atoms. The fourth-order valence-electron chi connectivity index (χ4n) is 2.93. The van der Waals surface area contributed by atoms with E-state index in [0.29, 0.717) is 22.8 Å². The molecule has 1 aromatic heterocycles. The number of nitrogens with one attached hydrogen (secondary N) is 2. The van der Waals surface area contributed by atoms with Crippen LogP contribution in [0.2, 0.25) is 5.02 Å². The first kappa shape index (κ1) is 19.2. The highest BCUT2D eigenvalue weighted by molar-refractivity contribution is 6.33. The molecule has 1 aliphatic carbocycles. The summed E-state index contributed by atoms with van der Waals surface area (Å²) in [6.45, 7) is -0.551. The van der Waals surface area contributed by atoms with E-state index in [9.17, 15) is 22.8 Å². The van der Waals surface area contributed by atoms with E-state index in [4.69, 9.17) is 16.3 Å². The zero-order valence-corrected chi connectivity index (χ0v) is 14.7. The Kier molecular flexibility index (Phi) is 5.41. The van der Waals surface area contributed by atoms with Crippen molar-refractivity contribution >= 4 is 29.2 Å². The Hall–Kier alpha value is -2.55. The maximum absolute atomic E-state index is 13.0. The lowest BCUT2D eigenvalue weighted by atomic mass is 9.86. The minimum atomic E-state index is -4.59. The minimum Gasteiger partial charge on any atom is -0.455 e.